The van der Waals surface area contributed by atoms with E-state index in [4.69, 9.17) is 10.5 Å². The molecule has 0 spiro atoms. The SMILES string of the molecule is CC/C=C\CCCCCOc1ccc(F)c(C(N)=O)c1F. The van der Waals surface area contributed by atoms with Crippen molar-refractivity contribution in [1.82, 2.24) is 0 Å². The molecule has 1 aromatic rings. The number of nitrogens with two attached hydrogens (primary N) is 1. The number of hydrogen-bond acceptors (Lipinski definition) is 2. The molecule has 0 heterocycles. The molecule has 2 N–H and O–H groups in total. The van der Waals surface area contributed by atoms with Crippen molar-refractivity contribution in [3.05, 3.63) is 41.5 Å². The summed E-state index contributed by atoms with van der Waals surface area (Å²) >= 11 is 0. The molecule has 116 valence electrons. The number of ether oxygens (including phenoxy) is 1. The molecule has 0 saturated heterocycles. The minimum atomic E-state index is -1.14. The van der Waals surface area contributed by atoms with Crippen molar-refractivity contribution in [2.75, 3.05) is 6.61 Å². The molecular weight excluding hydrogens is 276 g/mol. The lowest BCUT2D eigenvalue weighted by Crippen LogP contribution is -2.16. The van der Waals surface area contributed by atoms with E-state index in [1.807, 2.05) is 0 Å². The van der Waals surface area contributed by atoms with Crippen molar-refractivity contribution < 1.29 is 18.3 Å². The Morgan fingerprint density at radius 2 is 2.00 bits per heavy atom. The third-order valence-electron chi connectivity index (χ3n) is 2.98. The van der Waals surface area contributed by atoms with Crippen molar-refractivity contribution in [3.8, 4) is 5.75 Å². The average molecular weight is 297 g/mol. The normalized spacial score (nSPS) is 11.0. The average Bonchev–Trinajstić information content (AvgIpc) is 2.43. The maximum Gasteiger partial charge on any atom is 0.254 e. The van der Waals surface area contributed by atoms with Crippen LogP contribution in [0.15, 0.2) is 24.3 Å². The molecule has 0 bridgehead atoms. The molecule has 0 aliphatic rings. The fourth-order valence-corrected chi connectivity index (χ4v) is 1.88. The molecule has 3 nitrogen and oxygen atoms in total. The van der Waals surface area contributed by atoms with Crippen molar-refractivity contribution in [2.45, 2.75) is 39.0 Å². The van der Waals surface area contributed by atoms with Gasteiger partial charge in [0.1, 0.15) is 11.4 Å². The third kappa shape index (κ3) is 5.53. The Labute approximate surface area is 123 Å². The molecule has 0 unspecified atom stereocenters. The molecule has 1 aromatic carbocycles. The maximum atomic E-state index is 13.8. The Morgan fingerprint density at radius 3 is 2.67 bits per heavy atom. The summed E-state index contributed by atoms with van der Waals surface area (Å²) in [5.74, 6) is -3.29. The van der Waals surface area contributed by atoms with E-state index in [9.17, 15) is 13.6 Å². The highest BCUT2D eigenvalue weighted by Gasteiger charge is 2.18. The van der Waals surface area contributed by atoms with Gasteiger partial charge in [-0.1, -0.05) is 19.1 Å². The predicted octanol–water partition coefficient (Wildman–Crippen LogP) is 3.97. The van der Waals surface area contributed by atoms with Crippen LogP contribution < -0.4 is 10.5 Å². The number of unbranched alkanes of at least 4 members (excludes halogenated alkanes) is 3. The van der Waals surface area contributed by atoms with Gasteiger partial charge in [-0.15, -0.1) is 0 Å². The summed E-state index contributed by atoms with van der Waals surface area (Å²) in [7, 11) is 0. The monoisotopic (exact) mass is 297 g/mol. The number of carbonyl (C=O) groups is 1. The van der Waals surface area contributed by atoms with Gasteiger partial charge < -0.3 is 10.5 Å². The summed E-state index contributed by atoms with van der Waals surface area (Å²) in [6.45, 7) is 2.40. The smallest absolute Gasteiger partial charge is 0.254 e. The molecule has 0 fully saturated rings. The van der Waals surface area contributed by atoms with Crippen LogP contribution in [-0.2, 0) is 0 Å². The Morgan fingerprint density at radius 1 is 1.24 bits per heavy atom. The molecule has 0 aliphatic heterocycles. The Hall–Kier alpha value is -1.91. The number of hydrogen-bond donors (Lipinski definition) is 1. The molecular formula is C16H21F2NO2. The summed E-state index contributed by atoms with van der Waals surface area (Å²) in [6.07, 6.45) is 9.08. The van der Waals surface area contributed by atoms with E-state index in [-0.39, 0.29) is 5.75 Å². The fraction of sp³-hybridized carbons (Fsp3) is 0.438. The van der Waals surface area contributed by atoms with Gasteiger partial charge in [-0.05, 0) is 44.2 Å². The minimum Gasteiger partial charge on any atom is -0.490 e. The number of allylic oxidation sites excluding steroid dienone is 2. The van der Waals surface area contributed by atoms with Crippen LogP contribution in [0.1, 0.15) is 49.4 Å². The highest BCUT2D eigenvalue weighted by molar-refractivity contribution is 5.93. The number of primary amides is 1. The molecule has 0 aromatic heterocycles. The summed E-state index contributed by atoms with van der Waals surface area (Å²) in [5, 5.41) is 0. The highest BCUT2D eigenvalue weighted by Crippen LogP contribution is 2.23. The molecule has 1 amide bonds. The van der Waals surface area contributed by atoms with Crippen LogP contribution in [-0.4, -0.2) is 12.5 Å². The van der Waals surface area contributed by atoms with Crippen LogP contribution in [0.4, 0.5) is 8.78 Å². The number of rotatable bonds is 9. The van der Waals surface area contributed by atoms with Crippen LogP contribution in [0.2, 0.25) is 0 Å². The number of halogens is 2. The van der Waals surface area contributed by atoms with Crippen molar-refractivity contribution in [3.63, 3.8) is 0 Å². The van der Waals surface area contributed by atoms with E-state index in [1.54, 1.807) is 0 Å². The second-order valence-electron chi connectivity index (χ2n) is 4.68. The topological polar surface area (TPSA) is 52.3 Å². The van der Waals surface area contributed by atoms with Gasteiger partial charge >= 0.3 is 0 Å². The number of amides is 1. The van der Waals surface area contributed by atoms with E-state index in [2.05, 4.69) is 19.1 Å². The zero-order valence-corrected chi connectivity index (χ0v) is 12.2. The lowest BCUT2D eigenvalue weighted by Gasteiger charge is -2.09. The summed E-state index contributed by atoms with van der Waals surface area (Å²) in [6, 6.07) is 2.15. The summed E-state index contributed by atoms with van der Waals surface area (Å²) in [4.78, 5) is 11.0. The number of carbonyl (C=O) groups excluding carboxylic acids is 1. The first-order valence-electron chi connectivity index (χ1n) is 7.13. The first kappa shape index (κ1) is 17.1. The van der Waals surface area contributed by atoms with Crippen LogP contribution >= 0.6 is 0 Å². The minimum absolute atomic E-state index is 0.143. The molecule has 0 saturated carbocycles. The first-order valence-corrected chi connectivity index (χ1v) is 7.13. The zero-order valence-electron chi connectivity index (χ0n) is 12.2. The van der Waals surface area contributed by atoms with Gasteiger partial charge in [-0.2, -0.15) is 0 Å². The summed E-state index contributed by atoms with van der Waals surface area (Å²) < 4.78 is 32.3. The van der Waals surface area contributed by atoms with Gasteiger partial charge in [0.05, 0.1) is 6.61 Å². The molecule has 1 rings (SSSR count). The van der Waals surface area contributed by atoms with Crippen LogP contribution in [0.3, 0.4) is 0 Å². The van der Waals surface area contributed by atoms with E-state index in [0.29, 0.717) is 6.61 Å². The van der Waals surface area contributed by atoms with Crippen LogP contribution in [0.5, 0.6) is 5.75 Å². The van der Waals surface area contributed by atoms with Gasteiger partial charge in [-0.25, -0.2) is 8.78 Å². The van der Waals surface area contributed by atoms with Gasteiger partial charge in [0.25, 0.3) is 5.91 Å². The number of benzene rings is 1. The summed E-state index contributed by atoms with van der Waals surface area (Å²) in [5.41, 5.74) is 4.19. The lowest BCUT2D eigenvalue weighted by molar-refractivity contribution is 0.0991. The lowest BCUT2D eigenvalue weighted by atomic mass is 10.1. The highest BCUT2D eigenvalue weighted by atomic mass is 19.1. The van der Waals surface area contributed by atoms with Gasteiger partial charge in [0.2, 0.25) is 0 Å². The largest absolute Gasteiger partial charge is 0.490 e. The second kappa shape index (κ2) is 9.10. The van der Waals surface area contributed by atoms with Gasteiger partial charge in [0, 0.05) is 0 Å². The van der Waals surface area contributed by atoms with E-state index in [0.717, 1.165) is 38.2 Å². The molecule has 5 heteroatoms. The third-order valence-corrected chi connectivity index (χ3v) is 2.98. The standard InChI is InChI=1S/C16H21F2NO2/c1-2-3-4-5-6-7-8-11-21-13-10-9-12(17)14(15(13)18)16(19)20/h3-4,9-10H,2,5-8,11H2,1H3,(H2,19,20)/b4-3-. The Bertz CT molecular complexity index is 501. The van der Waals surface area contributed by atoms with Gasteiger partial charge in [0.15, 0.2) is 11.6 Å². The van der Waals surface area contributed by atoms with Crippen LogP contribution in [0.25, 0.3) is 0 Å². The van der Waals surface area contributed by atoms with Crippen molar-refractivity contribution >= 4 is 5.91 Å². The van der Waals surface area contributed by atoms with Crippen molar-refractivity contribution in [1.29, 1.82) is 0 Å². The maximum absolute atomic E-state index is 13.8. The van der Waals surface area contributed by atoms with Gasteiger partial charge in [-0.3, -0.25) is 4.79 Å². The molecule has 21 heavy (non-hydrogen) atoms. The zero-order chi connectivity index (χ0) is 15.7. The van der Waals surface area contributed by atoms with Crippen molar-refractivity contribution in [2.24, 2.45) is 5.73 Å². The molecule has 0 radical (unpaired) electrons. The Balaban J connectivity index is 2.41. The first-order chi connectivity index (χ1) is 10.1. The second-order valence-corrected chi connectivity index (χ2v) is 4.68. The molecule has 0 aliphatic carbocycles. The van der Waals surface area contributed by atoms with E-state index in [1.165, 1.54) is 6.07 Å². The Kier molecular flexibility index (Phi) is 7.43. The quantitative estimate of drug-likeness (QED) is 0.554. The fourth-order valence-electron chi connectivity index (χ4n) is 1.88. The van der Waals surface area contributed by atoms with E-state index < -0.39 is 23.1 Å². The molecule has 0 atom stereocenters. The van der Waals surface area contributed by atoms with E-state index >= 15 is 0 Å². The predicted molar refractivity (Wildman–Crippen MR) is 78.3 cm³/mol. The van der Waals surface area contributed by atoms with Crippen LogP contribution in [0, 0.1) is 11.6 Å².